The molecule has 1 fully saturated rings. The van der Waals surface area contributed by atoms with Crippen molar-refractivity contribution in [1.82, 2.24) is 14.8 Å². The Morgan fingerprint density at radius 1 is 1.22 bits per heavy atom. The largest absolute Gasteiger partial charge is 0.361 e. The van der Waals surface area contributed by atoms with Gasteiger partial charge in [-0.25, -0.2) is 13.1 Å². The van der Waals surface area contributed by atoms with Gasteiger partial charge in [0, 0.05) is 6.54 Å². The third-order valence-corrected chi connectivity index (χ3v) is 6.50. The number of hydrogen-bond donors (Lipinski definition) is 1. The van der Waals surface area contributed by atoms with Crippen molar-refractivity contribution in [1.29, 1.82) is 0 Å². The van der Waals surface area contributed by atoms with E-state index in [4.69, 9.17) is 4.52 Å². The second-order valence-corrected chi connectivity index (χ2v) is 8.53. The highest BCUT2D eigenvalue weighted by Crippen LogP contribution is 2.34. The Bertz CT molecular complexity index is 1010. The minimum absolute atomic E-state index is 0.0323. The molecule has 2 amide bonds. The molecule has 0 saturated carbocycles. The molecule has 1 N–H and O–H groups in total. The molecule has 2 heterocycles. The second-order valence-electron chi connectivity index (χ2n) is 6.88. The van der Waals surface area contributed by atoms with Crippen LogP contribution in [-0.4, -0.2) is 42.4 Å². The van der Waals surface area contributed by atoms with Gasteiger partial charge in [-0.05, 0) is 45.7 Å². The highest BCUT2D eigenvalue weighted by Gasteiger charge is 2.51. The van der Waals surface area contributed by atoms with Crippen LogP contribution < -0.4 is 4.72 Å². The molecule has 1 aromatic carbocycles. The van der Waals surface area contributed by atoms with Gasteiger partial charge < -0.3 is 9.42 Å². The zero-order valence-corrected chi connectivity index (χ0v) is 16.4. The summed E-state index contributed by atoms with van der Waals surface area (Å²) in [4.78, 5) is 27.0. The number of carbonyl (C=O) groups is 2. The van der Waals surface area contributed by atoms with E-state index in [1.165, 1.54) is 11.0 Å². The van der Waals surface area contributed by atoms with Crippen molar-refractivity contribution in [3.63, 3.8) is 0 Å². The molecule has 0 spiro atoms. The number of aromatic nitrogens is 1. The molecule has 0 aliphatic carbocycles. The van der Waals surface area contributed by atoms with Crippen LogP contribution in [0.4, 0.5) is 0 Å². The van der Waals surface area contributed by atoms with Gasteiger partial charge in [0.2, 0.25) is 0 Å². The number of rotatable bonds is 4. The summed E-state index contributed by atoms with van der Waals surface area (Å²) in [5.74, 6) is -0.778. The average molecular weight is 391 g/mol. The lowest BCUT2D eigenvalue weighted by molar-refractivity contribution is -0.135. The maximum Gasteiger partial charge on any atom is 0.264 e. The van der Waals surface area contributed by atoms with Gasteiger partial charge in [-0.15, -0.1) is 0 Å². The fourth-order valence-electron chi connectivity index (χ4n) is 3.19. The lowest BCUT2D eigenvalue weighted by atomic mass is 9.85. The smallest absolute Gasteiger partial charge is 0.264 e. The first-order valence-corrected chi connectivity index (χ1v) is 9.94. The molecule has 144 valence electrons. The number of aryl methyl sites for hydroxylation is 3. The first kappa shape index (κ1) is 19.1. The Kier molecular flexibility index (Phi) is 4.59. The van der Waals surface area contributed by atoms with E-state index in [1.807, 2.05) is 0 Å². The fourth-order valence-corrected chi connectivity index (χ4v) is 4.51. The number of likely N-dealkylation sites (tertiary alicyclic amines) is 1. The molecule has 3 rings (SSSR count). The van der Waals surface area contributed by atoms with E-state index in [-0.39, 0.29) is 4.90 Å². The highest BCUT2D eigenvalue weighted by molar-refractivity contribution is 7.90. The lowest BCUT2D eigenvalue weighted by Crippen LogP contribution is -2.67. The Labute approximate surface area is 157 Å². The summed E-state index contributed by atoms with van der Waals surface area (Å²) in [7, 11) is -4.04. The normalized spacial score (nSPS) is 19.5. The molecule has 0 bridgehead atoms. The summed E-state index contributed by atoms with van der Waals surface area (Å²) in [6.07, 6.45) is 0.358. The van der Waals surface area contributed by atoms with Gasteiger partial charge in [0.15, 0.2) is 0 Å². The van der Waals surface area contributed by atoms with Gasteiger partial charge in [0.05, 0.1) is 10.6 Å². The predicted octanol–water partition coefficient (Wildman–Crippen LogP) is 1.71. The molecule has 9 heteroatoms. The van der Waals surface area contributed by atoms with Crippen LogP contribution in [0.5, 0.6) is 0 Å². The van der Waals surface area contributed by atoms with Crippen molar-refractivity contribution in [2.24, 2.45) is 0 Å². The number of amides is 2. The third kappa shape index (κ3) is 3.12. The molecule has 1 aliphatic heterocycles. The maximum atomic E-state index is 12.8. The summed E-state index contributed by atoms with van der Waals surface area (Å²) in [5, 5.41) is 3.76. The standard InChI is InChI=1S/C18H21N3O5S/c1-11-7-5-6-8-14(11)27(24,25)20-17(23)18(4)9-10-21(18)16(22)15-12(2)19-26-13(15)3/h5-8H,9-10H2,1-4H3,(H,20,23). The topological polar surface area (TPSA) is 110 Å². The van der Waals surface area contributed by atoms with E-state index in [2.05, 4.69) is 9.88 Å². The summed E-state index contributed by atoms with van der Waals surface area (Å²) in [6.45, 7) is 6.81. The summed E-state index contributed by atoms with van der Waals surface area (Å²) >= 11 is 0. The molecule has 8 nitrogen and oxygen atoms in total. The van der Waals surface area contributed by atoms with Gasteiger partial charge in [-0.3, -0.25) is 9.59 Å². The predicted molar refractivity (Wildman–Crippen MR) is 96.5 cm³/mol. The summed E-state index contributed by atoms with van der Waals surface area (Å²) in [5.41, 5.74) is -0.00130. The van der Waals surface area contributed by atoms with Crippen molar-refractivity contribution in [2.45, 2.75) is 44.6 Å². The van der Waals surface area contributed by atoms with Crippen LogP contribution in [0.3, 0.4) is 0 Å². The minimum Gasteiger partial charge on any atom is -0.361 e. The molecule has 2 aromatic rings. The molecule has 1 atom stereocenters. The van der Waals surface area contributed by atoms with Crippen LogP contribution in [0, 0.1) is 20.8 Å². The first-order valence-electron chi connectivity index (χ1n) is 8.45. The van der Waals surface area contributed by atoms with E-state index in [1.54, 1.807) is 45.9 Å². The fraction of sp³-hybridized carbons (Fsp3) is 0.389. The van der Waals surface area contributed by atoms with E-state index >= 15 is 0 Å². The highest BCUT2D eigenvalue weighted by atomic mass is 32.2. The van der Waals surface area contributed by atoms with Crippen LogP contribution in [0.25, 0.3) is 0 Å². The van der Waals surface area contributed by atoms with Crippen molar-refractivity contribution < 1.29 is 22.5 Å². The Balaban J connectivity index is 1.84. The van der Waals surface area contributed by atoms with Crippen molar-refractivity contribution in [2.75, 3.05) is 6.54 Å². The maximum absolute atomic E-state index is 12.8. The lowest BCUT2D eigenvalue weighted by Gasteiger charge is -2.48. The molecular formula is C18H21N3O5S. The minimum atomic E-state index is -4.04. The number of benzene rings is 1. The van der Waals surface area contributed by atoms with Crippen LogP contribution in [0.1, 0.15) is 40.7 Å². The van der Waals surface area contributed by atoms with Gasteiger partial charge in [0.25, 0.3) is 21.8 Å². The zero-order chi connectivity index (χ0) is 20.0. The number of carbonyl (C=O) groups excluding carboxylic acids is 2. The molecular weight excluding hydrogens is 370 g/mol. The molecule has 0 radical (unpaired) electrons. The summed E-state index contributed by atoms with van der Waals surface area (Å²) < 4.78 is 32.3. The van der Waals surface area contributed by atoms with Crippen LogP contribution in [0.2, 0.25) is 0 Å². The van der Waals surface area contributed by atoms with Crippen molar-refractivity contribution >= 4 is 21.8 Å². The Morgan fingerprint density at radius 3 is 2.41 bits per heavy atom. The molecule has 1 aromatic heterocycles. The second kappa shape index (κ2) is 6.49. The van der Waals surface area contributed by atoms with E-state index < -0.39 is 27.4 Å². The van der Waals surface area contributed by atoms with E-state index in [0.717, 1.165) is 0 Å². The third-order valence-electron chi connectivity index (χ3n) is 5.01. The molecule has 1 aliphatic rings. The number of hydrogen-bond acceptors (Lipinski definition) is 6. The average Bonchev–Trinajstić information content (AvgIpc) is 2.91. The molecule has 1 unspecified atom stereocenters. The van der Waals surface area contributed by atoms with E-state index in [9.17, 15) is 18.0 Å². The number of nitrogens with zero attached hydrogens (tertiary/aromatic N) is 2. The van der Waals surface area contributed by atoms with Gasteiger partial charge >= 0.3 is 0 Å². The molecule has 1 saturated heterocycles. The Morgan fingerprint density at radius 2 is 1.89 bits per heavy atom. The monoisotopic (exact) mass is 391 g/mol. The van der Waals surface area contributed by atoms with Gasteiger partial charge in [0.1, 0.15) is 16.9 Å². The van der Waals surface area contributed by atoms with Crippen molar-refractivity contribution in [3.05, 3.63) is 46.8 Å². The quantitative estimate of drug-likeness (QED) is 0.850. The zero-order valence-electron chi connectivity index (χ0n) is 15.6. The number of nitrogens with one attached hydrogen (secondary N) is 1. The SMILES string of the molecule is Cc1ccccc1S(=O)(=O)NC(=O)C1(C)CCN1C(=O)c1c(C)noc1C. The van der Waals surface area contributed by atoms with Gasteiger partial charge in [-0.1, -0.05) is 23.4 Å². The number of sulfonamides is 1. The van der Waals surface area contributed by atoms with Crippen LogP contribution in [0.15, 0.2) is 33.7 Å². The van der Waals surface area contributed by atoms with E-state index in [0.29, 0.717) is 35.5 Å². The van der Waals surface area contributed by atoms with Crippen LogP contribution >= 0.6 is 0 Å². The van der Waals surface area contributed by atoms with Crippen molar-refractivity contribution in [3.8, 4) is 0 Å². The first-order chi connectivity index (χ1) is 12.6. The van der Waals surface area contributed by atoms with Crippen LogP contribution in [-0.2, 0) is 14.8 Å². The summed E-state index contributed by atoms with van der Waals surface area (Å²) in [6, 6.07) is 6.38. The molecule has 27 heavy (non-hydrogen) atoms. The van der Waals surface area contributed by atoms with Gasteiger partial charge in [-0.2, -0.15) is 0 Å². The Hall–Kier alpha value is -2.68.